The van der Waals surface area contributed by atoms with Crippen LogP contribution in [0.5, 0.6) is 0 Å². The summed E-state index contributed by atoms with van der Waals surface area (Å²) in [6.45, 7) is 8.10. The number of anilines is 6. The van der Waals surface area contributed by atoms with Gasteiger partial charge in [0.05, 0.1) is 32.9 Å². The summed E-state index contributed by atoms with van der Waals surface area (Å²) in [7, 11) is 0. The van der Waals surface area contributed by atoms with E-state index in [1.54, 1.807) is 11.3 Å². The molecule has 2 fully saturated rings. The molecule has 2 N–H and O–H groups in total. The number of allylic oxidation sites excluding steroid dienone is 3. The summed E-state index contributed by atoms with van der Waals surface area (Å²) in [4.78, 5) is 26.7. The zero-order valence-electron chi connectivity index (χ0n) is 32.2. The minimum Gasteiger partial charge on any atom is -0.446 e. The molecule has 57 heavy (non-hydrogen) atoms. The Balaban J connectivity index is 1.14. The number of furan rings is 2. The minimum atomic E-state index is 0.577. The number of thiophene rings is 1. The van der Waals surface area contributed by atoms with Crippen molar-refractivity contribution in [3.05, 3.63) is 129 Å². The fraction of sp³-hybridized carbons (Fsp3) is 0.261. The van der Waals surface area contributed by atoms with Gasteiger partial charge in [0.15, 0.2) is 28.9 Å². The summed E-state index contributed by atoms with van der Waals surface area (Å²) < 4.78 is 12.1. The average molecular weight is 773 g/mol. The lowest BCUT2D eigenvalue weighted by Crippen LogP contribution is -2.30. The smallest absolute Gasteiger partial charge is 0.197 e. The summed E-state index contributed by atoms with van der Waals surface area (Å²) in [5.74, 6) is 4.23. The second-order valence-electron chi connectivity index (χ2n) is 15.1. The molecule has 10 nitrogen and oxygen atoms in total. The molecule has 0 spiro atoms. The maximum absolute atomic E-state index is 6.04. The van der Waals surface area contributed by atoms with Gasteiger partial charge in [-0.2, -0.15) is 0 Å². The third-order valence-corrected chi connectivity index (χ3v) is 11.9. The van der Waals surface area contributed by atoms with Gasteiger partial charge in [-0.25, -0.2) is 20.0 Å². The third-order valence-electron chi connectivity index (χ3n) is 11.0. The van der Waals surface area contributed by atoms with E-state index in [-0.39, 0.29) is 0 Å². The molecule has 0 atom stereocenters. The number of piperidine rings is 2. The van der Waals surface area contributed by atoms with Crippen LogP contribution < -0.4 is 31.1 Å². The van der Waals surface area contributed by atoms with Gasteiger partial charge >= 0.3 is 0 Å². The van der Waals surface area contributed by atoms with E-state index in [1.165, 1.54) is 49.9 Å². The predicted octanol–water partition coefficient (Wildman–Crippen LogP) is 9.99. The molecule has 4 aliphatic heterocycles. The van der Waals surface area contributed by atoms with E-state index in [1.807, 2.05) is 55.6 Å². The minimum absolute atomic E-state index is 0.577. The van der Waals surface area contributed by atoms with E-state index in [9.17, 15) is 0 Å². The molecule has 0 radical (unpaired) electrons. The fourth-order valence-corrected chi connectivity index (χ4v) is 8.78. The number of hydrogen-bond acceptors (Lipinski definition) is 11. The van der Waals surface area contributed by atoms with E-state index in [2.05, 4.69) is 75.1 Å². The zero-order chi connectivity index (χ0) is 38.3. The van der Waals surface area contributed by atoms with Crippen LogP contribution in [-0.4, -0.2) is 41.9 Å². The van der Waals surface area contributed by atoms with E-state index >= 15 is 0 Å². The first-order valence-electron chi connectivity index (χ1n) is 20.0. The number of aliphatic imine (C=N–C) groups is 1. The summed E-state index contributed by atoms with van der Waals surface area (Å²) in [5, 5.41) is 10.0. The second-order valence-corrected chi connectivity index (χ2v) is 16.1. The van der Waals surface area contributed by atoms with Crippen LogP contribution in [-0.2, 0) is 0 Å². The predicted molar refractivity (Wildman–Crippen MR) is 231 cm³/mol. The molecular formula is C46H44N8O2S. The average Bonchev–Trinajstić information content (AvgIpc) is 3.97. The highest BCUT2D eigenvalue weighted by Crippen LogP contribution is 2.36. The lowest BCUT2D eigenvalue weighted by molar-refractivity contribution is 0.550. The van der Waals surface area contributed by atoms with Crippen LogP contribution in [0.1, 0.15) is 61.2 Å². The second kappa shape index (κ2) is 15.0. The first-order chi connectivity index (χ1) is 28.0. The number of hydrogen-bond donors (Lipinski definition) is 2. The Hall–Kier alpha value is -6.20. The molecular weight excluding hydrogens is 729 g/mol. The van der Waals surface area contributed by atoms with E-state index in [0.29, 0.717) is 28.9 Å². The maximum Gasteiger partial charge on any atom is 0.197 e. The standard InChI is InChI=1S/C46H44N8O2S/c1-29-11-17-42(55-29)47-39-27-32(53-19-5-3-6-20-53)13-15-34(39)37-25-31-24-36-44(49-37)51-46(41-10-9-23-57-41)52-45(36)50-38(26-31)35-16-14-33(54-21-7-4-8-22-54)28-40(35)48-43-18-12-30(2)56-43/h9-18,23-28,47-48H,3-8,19-22H2,1-2H3. The maximum atomic E-state index is 6.04. The van der Waals surface area contributed by atoms with Crippen molar-refractivity contribution in [3.63, 3.8) is 0 Å². The van der Waals surface area contributed by atoms with Crippen LogP contribution in [0.15, 0.2) is 115 Å². The monoisotopic (exact) mass is 772 g/mol. The summed E-state index contributed by atoms with van der Waals surface area (Å²) >= 11 is 1.60. The molecule has 2 saturated heterocycles. The highest BCUT2D eigenvalue weighted by molar-refractivity contribution is 7.13. The van der Waals surface area contributed by atoms with Crippen molar-refractivity contribution in [1.82, 2.24) is 9.97 Å². The number of benzene rings is 2. The largest absolute Gasteiger partial charge is 0.446 e. The molecule has 6 aromatic rings. The topological polar surface area (TPSA) is 107 Å². The molecule has 0 amide bonds. The Labute approximate surface area is 335 Å². The molecule has 4 aliphatic rings. The van der Waals surface area contributed by atoms with Crippen LogP contribution in [0.2, 0.25) is 0 Å². The van der Waals surface area contributed by atoms with Crippen molar-refractivity contribution in [2.45, 2.75) is 52.4 Å². The van der Waals surface area contributed by atoms with E-state index in [0.717, 1.165) is 87.3 Å². The number of aryl methyl sites for hydroxylation is 2. The van der Waals surface area contributed by atoms with Crippen LogP contribution in [0.4, 0.5) is 40.3 Å². The Morgan fingerprint density at radius 1 is 0.632 bits per heavy atom. The molecule has 286 valence electrons. The molecule has 0 saturated carbocycles. The molecule has 10 rings (SSSR count). The Morgan fingerprint density at radius 3 is 1.86 bits per heavy atom. The molecule has 2 bridgehead atoms. The van der Waals surface area contributed by atoms with Crippen molar-refractivity contribution in [2.75, 3.05) is 46.6 Å². The zero-order valence-corrected chi connectivity index (χ0v) is 33.0. The van der Waals surface area contributed by atoms with Crippen molar-refractivity contribution in [1.29, 1.82) is 0 Å². The lowest BCUT2D eigenvalue weighted by Gasteiger charge is -2.29. The quantitative estimate of drug-likeness (QED) is 0.150. The van der Waals surface area contributed by atoms with Gasteiger partial charge in [0.1, 0.15) is 11.5 Å². The SMILES string of the molecule is Cc1ccc(Nc2cc(N3CCCCC3)ccc2C2=CC3=CC(c4ccc(N5CCCCC5)cc4Nc4ccc(C)o4)=Nc4nc(-c5cccs5)nc(c4=C3)=N2)o1. The van der Waals surface area contributed by atoms with E-state index < -0.39 is 0 Å². The third kappa shape index (κ3) is 7.31. The van der Waals surface area contributed by atoms with E-state index in [4.69, 9.17) is 28.8 Å². The van der Waals surface area contributed by atoms with Gasteiger partial charge in [0.25, 0.3) is 0 Å². The molecule has 0 aliphatic carbocycles. The van der Waals surface area contributed by atoms with Crippen molar-refractivity contribution < 1.29 is 8.83 Å². The first-order valence-corrected chi connectivity index (χ1v) is 20.9. The highest BCUT2D eigenvalue weighted by Gasteiger charge is 2.22. The Bertz CT molecular complexity index is 2690. The Morgan fingerprint density at radius 2 is 1.26 bits per heavy atom. The molecule has 11 heteroatoms. The van der Waals surface area contributed by atoms with Gasteiger partial charge in [0, 0.05) is 60.8 Å². The van der Waals surface area contributed by atoms with Gasteiger partial charge < -0.3 is 29.3 Å². The van der Waals surface area contributed by atoms with Crippen molar-refractivity contribution in [3.8, 4) is 10.7 Å². The molecule has 2 aromatic carbocycles. The van der Waals surface area contributed by atoms with Gasteiger partial charge in [-0.05, 0) is 136 Å². The first kappa shape index (κ1) is 35.2. The lowest BCUT2D eigenvalue weighted by atomic mass is 10.0. The van der Waals surface area contributed by atoms with Gasteiger partial charge in [-0.1, -0.05) is 6.07 Å². The van der Waals surface area contributed by atoms with Crippen LogP contribution in [0.25, 0.3) is 22.5 Å². The summed E-state index contributed by atoms with van der Waals surface area (Å²) in [6, 6.07) is 25.2. The number of aromatic nitrogens is 2. The molecule has 4 aromatic heterocycles. The van der Waals surface area contributed by atoms with Gasteiger partial charge in [-0.3, -0.25) is 0 Å². The van der Waals surface area contributed by atoms with Crippen LogP contribution in [0.3, 0.4) is 0 Å². The number of nitrogens with one attached hydrogen (secondary N) is 2. The normalized spacial score (nSPS) is 16.4. The van der Waals surface area contributed by atoms with Gasteiger partial charge in [0.2, 0.25) is 0 Å². The molecule has 0 unspecified atom stereocenters. The summed E-state index contributed by atoms with van der Waals surface area (Å²) in [6.07, 6.45) is 13.7. The fourth-order valence-electron chi connectivity index (χ4n) is 8.12. The van der Waals surface area contributed by atoms with Gasteiger partial charge in [-0.15, -0.1) is 11.3 Å². The van der Waals surface area contributed by atoms with Crippen molar-refractivity contribution in [2.24, 2.45) is 9.98 Å². The Kier molecular flexibility index (Phi) is 9.30. The number of fused-ring (bicyclic) bond motifs is 1. The number of nitrogens with zero attached hydrogens (tertiary/aromatic N) is 6. The van der Waals surface area contributed by atoms with Crippen LogP contribution >= 0.6 is 11.3 Å². The van der Waals surface area contributed by atoms with Crippen molar-refractivity contribution >= 4 is 69.2 Å². The highest BCUT2D eigenvalue weighted by atomic mass is 32.1. The van der Waals surface area contributed by atoms with Crippen LogP contribution in [0, 0.1) is 13.8 Å². The number of rotatable bonds is 9. The summed E-state index contributed by atoms with van der Waals surface area (Å²) in [5.41, 5.74) is 9.15. The molecule has 8 heterocycles.